The van der Waals surface area contributed by atoms with Gasteiger partial charge >= 0.3 is 0 Å². The van der Waals surface area contributed by atoms with Crippen LogP contribution in [0.2, 0.25) is 0 Å². The molecule has 0 unspecified atom stereocenters. The van der Waals surface area contributed by atoms with E-state index >= 15 is 0 Å². The van der Waals surface area contributed by atoms with Gasteiger partial charge in [0.05, 0.1) is 0 Å². The highest BCUT2D eigenvalue weighted by Gasteiger charge is 2.06. The summed E-state index contributed by atoms with van der Waals surface area (Å²) in [7, 11) is 0. The molecule has 1 heterocycles. The minimum Gasteiger partial charge on any atom is -0.356 e. The van der Waals surface area contributed by atoms with E-state index in [1.54, 1.807) is 12.3 Å². The van der Waals surface area contributed by atoms with Gasteiger partial charge in [0.15, 0.2) is 0 Å². The van der Waals surface area contributed by atoms with Crippen LogP contribution in [0.15, 0.2) is 41.0 Å². The monoisotopic (exact) mass is 352 g/mol. The zero-order valence-electron chi connectivity index (χ0n) is 11.3. The number of rotatable bonds is 6. The zero-order chi connectivity index (χ0) is 14.4. The van der Waals surface area contributed by atoms with E-state index in [0.29, 0.717) is 12.2 Å². The quantitative estimate of drug-likeness (QED) is 0.777. The second-order valence-corrected chi connectivity index (χ2v) is 6.55. The Morgan fingerprint density at radius 2 is 2.10 bits per heavy atom. The van der Waals surface area contributed by atoms with Gasteiger partial charge in [-0.25, -0.2) is 0 Å². The number of benzene rings is 1. The minimum absolute atomic E-state index is 0.0633. The predicted molar refractivity (Wildman–Crippen MR) is 88.2 cm³/mol. The Morgan fingerprint density at radius 3 is 2.75 bits per heavy atom. The first-order chi connectivity index (χ1) is 9.65. The fourth-order valence-corrected chi connectivity index (χ4v) is 2.87. The molecule has 2 N–H and O–H groups in total. The summed E-state index contributed by atoms with van der Waals surface area (Å²) in [6.45, 7) is 2.76. The van der Waals surface area contributed by atoms with Crippen LogP contribution >= 0.6 is 27.7 Å². The number of nitrogens with one attached hydrogen (secondary N) is 2. The molecule has 0 fully saturated rings. The molecule has 0 spiro atoms. The van der Waals surface area contributed by atoms with Crippen molar-refractivity contribution in [1.29, 1.82) is 0 Å². The molecule has 0 atom stereocenters. The summed E-state index contributed by atoms with van der Waals surface area (Å²) in [6, 6.07) is 10.3. The largest absolute Gasteiger partial charge is 0.356 e. The summed E-state index contributed by atoms with van der Waals surface area (Å²) < 4.78 is 0.886. The first kappa shape index (κ1) is 15.2. The van der Waals surface area contributed by atoms with Crippen molar-refractivity contribution in [3.05, 3.63) is 57.8 Å². The van der Waals surface area contributed by atoms with Crippen molar-refractivity contribution < 1.29 is 4.79 Å². The maximum absolute atomic E-state index is 11.8. The molecule has 5 heteroatoms. The highest BCUT2D eigenvalue weighted by atomic mass is 79.9. The Hall–Kier alpha value is -1.20. The normalized spacial score (nSPS) is 10.5. The van der Waals surface area contributed by atoms with Crippen molar-refractivity contribution in [2.75, 3.05) is 12.3 Å². The van der Waals surface area contributed by atoms with E-state index in [1.807, 2.05) is 11.8 Å². The van der Waals surface area contributed by atoms with Gasteiger partial charge in [-0.2, -0.15) is 11.8 Å². The molecule has 20 heavy (non-hydrogen) atoms. The number of aromatic nitrogens is 1. The van der Waals surface area contributed by atoms with Gasteiger partial charge in [-0.05, 0) is 34.5 Å². The van der Waals surface area contributed by atoms with E-state index in [4.69, 9.17) is 0 Å². The fraction of sp³-hybridized carbons (Fsp3) is 0.267. The van der Waals surface area contributed by atoms with Gasteiger partial charge in [0.1, 0.15) is 5.69 Å². The average Bonchev–Trinajstić information content (AvgIpc) is 2.87. The smallest absolute Gasteiger partial charge is 0.267 e. The third kappa shape index (κ3) is 4.72. The Morgan fingerprint density at radius 1 is 1.35 bits per heavy atom. The molecule has 1 aromatic carbocycles. The summed E-state index contributed by atoms with van der Waals surface area (Å²) >= 11 is 5.13. The van der Waals surface area contributed by atoms with E-state index in [-0.39, 0.29) is 5.91 Å². The van der Waals surface area contributed by atoms with Crippen LogP contribution in [-0.2, 0) is 5.75 Å². The van der Waals surface area contributed by atoms with Crippen molar-refractivity contribution in [2.45, 2.75) is 12.7 Å². The number of aryl methyl sites for hydroxylation is 1. The summed E-state index contributed by atoms with van der Waals surface area (Å²) in [4.78, 5) is 14.7. The fourth-order valence-electron chi connectivity index (χ4n) is 1.71. The Kier molecular flexibility index (Phi) is 5.73. The molecule has 0 aliphatic heterocycles. The van der Waals surface area contributed by atoms with Crippen molar-refractivity contribution >= 4 is 33.6 Å². The van der Waals surface area contributed by atoms with Crippen molar-refractivity contribution in [1.82, 2.24) is 10.3 Å². The lowest BCUT2D eigenvalue weighted by atomic mass is 10.2. The van der Waals surface area contributed by atoms with Crippen molar-refractivity contribution in [3.63, 3.8) is 0 Å². The number of carbonyl (C=O) groups excluding carboxylic acids is 1. The third-order valence-corrected chi connectivity index (χ3v) is 4.30. The molecule has 1 amide bonds. The van der Waals surface area contributed by atoms with Gasteiger partial charge in [0.2, 0.25) is 0 Å². The molecule has 0 aliphatic carbocycles. The Bertz CT molecular complexity index is 566. The van der Waals surface area contributed by atoms with Gasteiger partial charge in [-0.3, -0.25) is 4.79 Å². The van der Waals surface area contributed by atoms with Gasteiger partial charge < -0.3 is 10.3 Å². The van der Waals surface area contributed by atoms with E-state index in [2.05, 4.69) is 57.4 Å². The third-order valence-electron chi connectivity index (χ3n) is 2.81. The van der Waals surface area contributed by atoms with Crippen LogP contribution in [0.3, 0.4) is 0 Å². The molecule has 2 aromatic rings. The number of amides is 1. The first-order valence-corrected chi connectivity index (χ1v) is 8.35. The number of hydrogen-bond donors (Lipinski definition) is 2. The lowest BCUT2D eigenvalue weighted by Crippen LogP contribution is -2.25. The SMILES string of the molecule is Cc1ccc(CSCCNC(=O)c2cc(Br)c[nH]2)cc1. The van der Waals surface area contributed by atoms with Crippen molar-refractivity contribution in [3.8, 4) is 0 Å². The van der Waals surface area contributed by atoms with Crippen LogP contribution in [0, 0.1) is 6.92 Å². The number of carbonyl (C=O) groups is 1. The molecule has 106 valence electrons. The second kappa shape index (κ2) is 7.55. The molecule has 0 radical (unpaired) electrons. The predicted octanol–water partition coefficient (Wildman–Crippen LogP) is 3.75. The van der Waals surface area contributed by atoms with E-state index in [9.17, 15) is 4.79 Å². The number of halogens is 1. The van der Waals surface area contributed by atoms with Gasteiger partial charge in [0, 0.05) is 28.7 Å². The Labute approximate surface area is 131 Å². The minimum atomic E-state index is -0.0633. The van der Waals surface area contributed by atoms with Crippen LogP contribution in [0.1, 0.15) is 21.6 Å². The molecular formula is C15H17BrN2OS. The summed E-state index contributed by atoms with van der Waals surface area (Å²) in [5.41, 5.74) is 3.18. The summed E-state index contributed by atoms with van der Waals surface area (Å²) in [5.74, 6) is 1.82. The number of hydrogen-bond acceptors (Lipinski definition) is 2. The lowest BCUT2D eigenvalue weighted by molar-refractivity contribution is 0.0952. The molecule has 0 saturated carbocycles. The average molecular weight is 353 g/mol. The summed E-state index contributed by atoms with van der Waals surface area (Å²) in [6.07, 6.45) is 1.75. The highest BCUT2D eigenvalue weighted by Crippen LogP contribution is 2.13. The first-order valence-electron chi connectivity index (χ1n) is 6.40. The molecule has 0 bridgehead atoms. The molecule has 2 rings (SSSR count). The molecule has 0 aliphatic rings. The molecule has 0 saturated heterocycles. The number of H-pyrrole nitrogens is 1. The van der Waals surface area contributed by atoms with Crippen LogP contribution in [0.4, 0.5) is 0 Å². The molecule has 1 aromatic heterocycles. The zero-order valence-corrected chi connectivity index (χ0v) is 13.7. The number of thioether (sulfide) groups is 1. The van der Waals surface area contributed by atoms with Crippen LogP contribution < -0.4 is 5.32 Å². The van der Waals surface area contributed by atoms with Crippen LogP contribution in [-0.4, -0.2) is 23.2 Å². The van der Waals surface area contributed by atoms with Gasteiger partial charge in [-0.15, -0.1) is 0 Å². The number of aromatic amines is 1. The van der Waals surface area contributed by atoms with Crippen LogP contribution in [0.5, 0.6) is 0 Å². The van der Waals surface area contributed by atoms with Gasteiger partial charge in [-0.1, -0.05) is 29.8 Å². The maximum Gasteiger partial charge on any atom is 0.267 e. The topological polar surface area (TPSA) is 44.9 Å². The van der Waals surface area contributed by atoms with Crippen LogP contribution in [0.25, 0.3) is 0 Å². The van der Waals surface area contributed by atoms with E-state index in [0.717, 1.165) is 16.0 Å². The molecule has 3 nitrogen and oxygen atoms in total. The highest BCUT2D eigenvalue weighted by molar-refractivity contribution is 9.10. The van der Waals surface area contributed by atoms with E-state index < -0.39 is 0 Å². The maximum atomic E-state index is 11.8. The lowest BCUT2D eigenvalue weighted by Gasteiger charge is -2.04. The second-order valence-electron chi connectivity index (χ2n) is 4.53. The van der Waals surface area contributed by atoms with E-state index in [1.165, 1.54) is 11.1 Å². The molecular weight excluding hydrogens is 336 g/mol. The standard InChI is InChI=1S/C15H17BrN2OS/c1-11-2-4-12(5-3-11)10-20-7-6-17-15(19)14-8-13(16)9-18-14/h2-5,8-9,18H,6-7,10H2,1H3,(H,17,19). The van der Waals surface area contributed by atoms with Gasteiger partial charge in [0.25, 0.3) is 5.91 Å². The Balaban J connectivity index is 1.64. The van der Waals surface area contributed by atoms with Crippen molar-refractivity contribution in [2.24, 2.45) is 0 Å². The summed E-state index contributed by atoms with van der Waals surface area (Å²) in [5, 5.41) is 2.90.